The van der Waals surface area contributed by atoms with Crippen LogP contribution in [-0.2, 0) is 21.9 Å². The van der Waals surface area contributed by atoms with E-state index in [1.807, 2.05) is 6.26 Å². The first-order valence-electron chi connectivity index (χ1n) is 11.9. The van der Waals surface area contributed by atoms with Gasteiger partial charge in [-0.25, -0.2) is 4.79 Å². The Balaban J connectivity index is 2.09. The highest BCUT2D eigenvalue weighted by Crippen LogP contribution is 2.66. The molecule has 0 saturated heterocycles. The van der Waals surface area contributed by atoms with E-state index in [-0.39, 0.29) is 6.61 Å². The van der Waals surface area contributed by atoms with Crippen LogP contribution in [-0.4, -0.2) is 24.4 Å². The number of ether oxygens (including phenoxy) is 2. The zero-order valence-corrected chi connectivity index (χ0v) is 23.2. The summed E-state index contributed by atoms with van der Waals surface area (Å²) in [7, 11) is -2.30. The second kappa shape index (κ2) is 10.8. The summed E-state index contributed by atoms with van der Waals surface area (Å²) in [6.45, 7) is 8.42. The lowest BCUT2D eigenvalue weighted by atomic mass is 10.1. The van der Waals surface area contributed by atoms with Crippen LogP contribution in [0, 0.1) is 13.8 Å². The Hall–Kier alpha value is -3.14. The van der Waals surface area contributed by atoms with Gasteiger partial charge < -0.3 is 9.47 Å². The number of halogens is 6. The minimum Gasteiger partial charge on any atom is -0.481 e. The van der Waals surface area contributed by atoms with E-state index in [4.69, 9.17) is 9.47 Å². The molecule has 3 aromatic carbocycles. The predicted molar refractivity (Wildman–Crippen MR) is 138 cm³/mol. The van der Waals surface area contributed by atoms with Crippen molar-refractivity contribution in [3.8, 4) is 5.75 Å². The molecule has 212 valence electrons. The molecular formula is C29H30F6O3S. The average Bonchev–Trinajstić information content (AvgIpc) is 2.81. The monoisotopic (exact) mass is 572 g/mol. The van der Waals surface area contributed by atoms with Crippen LogP contribution < -0.4 is 4.74 Å². The fraction of sp³-hybridized carbons (Fsp3) is 0.345. The fourth-order valence-corrected chi connectivity index (χ4v) is 7.12. The smallest absolute Gasteiger partial charge is 0.416 e. The SMILES string of the molecule is Cc1cc(S(C)(c2ccc(C(F)(F)F)cc2)c2ccc(C(F)(F)F)cc2)cc(C)c1OCC(=O)OC(C)(C)C. The molecule has 3 rings (SSSR count). The molecule has 3 aromatic rings. The fourth-order valence-electron chi connectivity index (χ4n) is 4.12. The number of alkyl halides is 6. The highest BCUT2D eigenvalue weighted by atomic mass is 32.3. The van der Waals surface area contributed by atoms with Gasteiger partial charge in [-0.3, -0.25) is 0 Å². The molecule has 0 heterocycles. The zero-order chi connectivity index (χ0) is 29.4. The van der Waals surface area contributed by atoms with Crippen molar-refractivity contribution >= 4 is 16.0 Å². The Labute approximate surface area is 225 Å². The van der Waals surface area contributed by atoms with Crippen LogP contribution in [0.4, 0.5) is 26.3 Å². The van der Waals surface area contributed by atoms with Crippen LogP contribution in [0.1, 0.15) is 43.0 Å². The van der Waals surface area contributed by atoms with E-state index in [2.05, 4.69) is 0 Å². The number of rotatable bonds is 6. The van der Waals surface area contributed by atoms with Gasteiger partial charge in [-0.15, -0.1) is 0 Å². The van der Waals surface area contributed by atoms with Crippen molar-refractivity contribution < 1.29 is 40.6 Å². The number of esters is 1. The second-order valence-corrected chi connectivity index (χ2v) is 13.5. The summed E-state index contributed by atoms with van der Waals surface area (Å²) in [6, 6.07) is 13.0. The normalized spacial score (nSPS) is 13.2. The Kier molecular flexibility index (Phi) is 8.41. The summed E-state index contributed by atoms with van der Waals surface area (Å²) in [5.74, 6) is -0.0958. The van der Waals surface area contributed by atoms with E-state index in [0.717, 1.165) is 24.3 Å². The Morgan fingerprint density at radius 3 is 1.44 bits per heavy atom. The first-order chi connectivity index (χ1) is 17.8. The summed E-state index contributed by atoms with van der Waals surface area (Å²) in [5.41, 5.74) is -1.00. The molecule has 0 saturated carbocycles. The van der Waals surface area contributed by atoms with E-state index in [1.54, 1.807) is 46.8 Å². The largest absolute Gasteiger partial charge is 0.481 e. The van der Waals surface area contributed by atoms with Crippen molar-refractivity contribution in [1.82, 2.24) is 0 Å². The molecule has 10 heteroatoms. The first-order valence-corrected chi connectivity index (χ1v) is 14.0. The van der Waals surface area contributed by atoms with Gasteiger partial charge in [0.05, 0.1) is 11.1 Å². The van der Waals surface area contributed by atoms with Gasteiger partial charge in [-0.05, 0) is 127 Å². The van der Waals surface area contributed by atoms with E-state index >= 15 is 0 Å². The van der Waals surface area contributed by atoms with Crippen LogP contribution >= 0.6 is 10.0 Å². The number of aryl methyl sites for hydroxylation is 2. The van der Waals surface area contributed by atoms with Crippen molar-refractivity contribution in [2.24, 2.45) is 0 Å². The van der Waals surface area contributed by atoms with Crippen LogP contribution in [0.2, 0.25) is 0 Å². The summed E-state index contributed by atoms with van der Waals surface area (Å²) in [5, 5.41) is 0. The second-order valence-electron chi connectivity index (χ2n) is 10.2. The molecule has 0 radical (unpaired) electrons. The minimum atomic E-state index is -4.53. The lowest BCUT2D eigenvalue weighted by Crippen LogP contribution is -2.27. The maximum Gasteiger partial charge on any atom is 0.416 e. The van der Waals surface area contributed by atoms with Crippen LogP contribution in [0.3, 0.4) is 0 Å². The lowest BCUT2D eigenvalue weighted by molar-refractivity contribution is -0.157. The topological polar surface area (TPSA) is 35.5 Å². The summed E-state index contributed by atoms with van der Waals surface area (Å²) in [4.78, 5) is 13.9. The van der Waals surface area contributed by atoms with Gasteiger partial charge in [-0.1, -0.05) is 0 Å². The van der Waals surface area contributed by atoms with Gasteiger partial charge in [0.25, 0.3) is 0 Å². The third-order valence-corrected chi connectivity index (χ3v) is 9.57. The molecule has 3 nitrogen and oxygen atoms in total. The molecule has 0 amide bonds. The molecule has 0 spiro atoms. The molecule has 0 atom stereocenters. The molecule has 0 bridgehead atoms. The Morgan fingerprint density at radius 2 is 1.10 bits per heavy atom. The van der Waals surface area contributed by atoms with Crippen molar-refractivity contribution in [2.75, 3.05) is 12.9 Å². The maximum atomic E-state index is 13.2. The Morgan fingerprint density at radius 1 is 0.718 bits per heavy atom. The zero-order valence-electron chi connectivity index (χ0n) is 22.4. The maximum absolute atomic E-state index is 13.2. The molecule has 0 unspecified atom stereocenters. The summed E-state index contributed by atoms with van der Waals surface area (Å²) < 4.78 is 90.5. The van der Waals surface area contributed by atoms with Crippen LogP contribution in [0.15, 0.2) is 75.4 Å². The molecule has 0 N–H and O–H groups in total. The van der Waals surface area contributed by atoms with E-state index in [9.17, 15) is 31.1 Å². The molecule has 0 aromatic heterocycles. The number of hydrogen-bond acceptors (Lipinski definition) is 3. The minimum absolute atomic E-state index is 0.319. The Bertz CT molecular complexity index is 1240. The standard InChI is InChI=1S/C29H30F6O3S/c1-18-15-24(16-19(2)26(18)37-17-25(36)38-27(3,4)5)39(6,22-11-7-20(8-12-22)28(30,31)32)23-13-9-21(10-14-23)29(33,34)35/h7-16H,17H2,1-6H3. The number of benzene rings is 3. The highest BCUT2D eigenvalue weighted by molar-refractivity contribution is 8.33. The molecule has 0 aliphatic rings. The van der Waals surface area contributed by atoms with Crippen molar-refractivity contribution in [3.63, 3.8) is 0 Å². The van der Waals surface area contributed by atoms with Crippen molar-refractivity contribution in [3.05, 3.63) is 82.9 Å². The number of carbonyl (C=O) groups is 1. The molecule has 0 aliphatic carbocycles. The predicted octanol–water partition coefficient (Wildman–Crippen LogP) is 8.97. The van der Waals surface area contributed by atoms with Gasteiger partial charge in [-0.2, -0.15) is 36.4 Å². The third-order valence-electron chi connectivity index (χ3n) is 5.97. The summed E-state index contributed by atoms with van der Waals surface area (Å²) >= 11 is 0. The van der Waals surface area contributed by atoms with Gasteiger partial charge in [0.2, 0.25) is 0 Å². The third kappa shape index (κ3) is 7.09. The van der Waals surface area contributed by atoms with Crippen LogP contribution in [0.5, 0.6) is 5.75 Å². The number of carbonyl (C=O) groups excluding carboxylic acids is 1. The average molecular weight is 573 g/mol. The quantitative estimate of drug-likeness (QED) is 0.219. The number of hydrogen-bond donors (Lipinski definition) is 0. The van der Waals surface area contributed by atoms with Crippen molar-refractivity contribution in [2.45, 2.75) is 67.3 Å². The van der Waals surface area contributed by atoms with Gasteiger partial charge >= 0.3 is 18.3 Å². The molecule has 39 heavy (non-hydrogen) atoms. The molecule has 0 fully saturated rings. The summed E-state index contributed by atoms with van der Waals surface area (Å²) in [6.07, 6.45) is -7.23. The van der Waals surface area contributed by atoms with Gasteiger partial charge in [0.1, 0.15) is 11.4 Å². The van der Waals surface area contributed by atoms with Gasteiger partial charge in [0, 0.05) is 0 Å². The molecular weight excluding hydrogens is 542 g/mol. The highest BCUT2D eigenvalue weighted by Gasteiger charge is 2.34. The van der Waals surface area contributed by atoms with E-state index < -0.39 is 45.1 Å². The van der Waals surface area contributed by atoms with E-state index in [0.29, 0.717) is 31.6 Å². The van der Waals surface area contributed by atoms with Crippen LogP contribution in [0.25, 0.3) is 0 Å². The first kappa shape index (κ1) is 30.4. The van der Waals surface area contributed by atoms with E-state index in [1.165, 1.54) is 24.3 Å². The van der Waals surface area contributed by atoms with Crippen molar-refractivity contribution in [1.29, 1.82) is 0 Å². The lowest BCUT2D eigenvalue weighted by Gasteiger charge is -2.38. The van der Waals surface area contributed by atoms with Gasteiger partial charge in [0.15, 0.2) is 6.61 Å². The molecule has 0 aliphatic heterocycles.